The number of aliphatic carboxylic acids is 1. The van der Waals surface area contributed by atoms with Gasteiger partial charge >= 0.3 is 6.09 Å². The third-order valence-electron chi connectivity index (χ3n) is 1.40. The number of amides is 1. The highest BCUT2D eigenvalue weighted by atomic mass is 127. The molecule has 0 saturated heterocycles. The Hall–Kier alpha value is -0.610. The molecule has 0 aliphatic heterocycles. The van der Waals surface area contributed by atoms with Crippen LogP contribution in [0.25, 0.3) is 0 Å². The zero-order valence-electron chi connectivity index (χ0n) is 10.5. The van der Waals surface area contributed by atoms with Gasteiger partial charge in [0.25, 0.3) is 0 Å². The zero-order chi connectivity index (χ0) is 13.4. The molecule has 17 heavy (non-hydrogen) atoms. The largest absolute Gasteiger partial charge is 0.546 e. The molecule has 0 fully saturated rings. The summed E-state index contributed by atoms with van der Waals surface area (Å²) in [5, 5.41) is 18.2. The van der Waals surface area contributed by atoms with Crippen LogP contribution in [-0.4, -0.2) is 62.1 Å². The highest BCUT2D eigenvalue weighted by molar-refractivity contribution is 14.0. The number of primary amides is 1. The molecule has 0 saturated carbocycles. The van der Waals surface area contributed by atoms with Gasteiger partial charge in [0.15, 0.2) is 0 Å². The molecule has 1 atom stereocenters. The Morgan fingerprint density at radius 1 is 1.41 bits per heavy atom. The first-order chi connectivity index (χ1) is 7.10. The number of halogens is 1. The van der Waals surface area contributed by atoms with Crippen LogP contribution in [0, 0.1) is 0 Å². The smallest absolute Gasteiger partial charge is 0.405 e. The number of hydrogen-bond donors (Lipinski definition) is 2. The summed E-state index contributed by atoms with van der Waals surface area (Å²) in [6, 6.07) is 0. The van der Waals surface area contributed by atoms with Crippen molar-refractivity contribution >= 4 is 36.0 Å². The lowest BCUT2D eigenvalue weighted by Gasteiger charge is -2.21. The Labute approximate surface area is 118 Å². The minimum Gasteiger partial charge on any atom is -0.546 e. The lowest BCUT2D eigenvalue weighted by molar-refractivity contribution is -0.870. The van der Waals surface area contributed by atoms with Gasteiger partial charge in [0.1, 0.15) is 12.6 Å². The molecule has 0 bridgehead atoms. The third-order valence-corrected chi connectivity index (χ3v) is 1.40. The summed E-state index contributed by atoms with van der Waals surface area (Å²) in [6.07, 6.45) is -2.39. The summed E-state index contributed by atoms with van der Waals surface area (Å²) < 4.78 is 4.83. The molecule has 0 aliphatic carbocycles. The van der Waals surface area contributed by atoms with Crippen LogP contribution in [0.15, 0.2) is 0 Å². The summed E-state index contributed by atoms with van der Waals surface area (Å²) in [7, 11) is 6.16. The minimum absolute atomic E-state index is 0. The van der Waals surface area contributed by atoms with Gasteiger partial charge in [-0.1, -0.05) is 0 Å². The molecular formula is C9H21IN2O5. The average Bonchev–Trinajstić information content (AvgIpc) is 2.01. The predicted octanol–water partition coefficient (Wildman–Crippen LogP) is -1.48. The molecular weight excluding hydrogens is 343 g/mol. The number of ether oxygens (including phenoxy) is 1. The Kier molecular flexibility index (Phi) is 13.4. The lowest BCUT2D eigenvalue weighted by atomic mass is 10.4. The van der Waals surface area contributed by atoms with E-state index in [2.05, 4.69) is 31.6 Å². The van der Waals surface area contributed by atoms with Crippen LogP contribution in [-0.2, 0) is 9.53 Å². The van der Waals surface area contributed by atoms with Gasteiger partial charge in [-0.15, -0.1) is 24.0 Å². The van der Waals surface area contributed by atoms with Crippen molar-refractivity contribution in [2.75, 3.05) is 34.3 Å². The van der Waals surface area contributed by atoms with E-state index in [-0.39, 0.29) is 30.6 Å². The Balaban J connectivity index is -0.000000224. The standard InChI is InChI=1S/C5H14NO.C4H7NO4.HI/c1-6(2,3)4-5-7;1-2(3(6)7)9-4(5)8;/h7H,4-5H2,1-3H3;2H,1H3,(H2,5,8)(H,6,7);1H/q+1;;/p-1. The van der Waals surface area contributed by atoms with Crippen molar-refractivity contribution in [2.24, 2.45) is 5.73 Å². The number of aliphatic hydroxyl groups excluding tert-OH is 1. The molecule has 0 aromatic heterocycles. The van der Waals surface area contributed by atoms with Gasteiger partial charge < -0.3 is 30.0 Å². The van der Waals surface area contributed by atoms with Crippen LogP contribution in [0.3, 0.4) is 0 Å². The van der Waals surface area contributed by atoms with Crippen molar-refractivity contribution in [2.45, 2.75) is 13.0 Å². The van der Waals surface area contributed by atoms with Crippen LogP contribution in [0.2, 0.25) is 0 Å². The fourth-order valence-electron chi connectivity index (χ4n) is 0.522. The molecule has 0 heterocycles. The van der Waals surface area contributed by atoms with Gasteiger partial charge in [0.05, 0.1) is 33.7 Å². The number of carbonyl (C=O) groups excluding carboxylic acids is 2. The summed E-state index contributed by atoms with van der Waals surface area (Å²) in [6.45, 7) is 2.27. The maximum absolute atomic E-state index is 9.82. The number of nitrogens with two attached hydrogens (primary N) is 1. The third kappa shape index (κ3) is 21.3. The Morgan fingerprint density at radius 3 is 1.88 bits per heavy atom. The SMILES string of the molecule is CC(OC(N)=O)C(=O)[O-].C[N+](C)(C)CCO.I. The number of likely N-dealkylation sites (N-methyl/N-ethyl adjacent to an activating group) is 1. The van der Waals surface area contributed by atoms with Gasteiger partial charge in [-0.25, -0.2) is 4.79 Å². The summed E-state index contributed by atoms with van der Waals surface area (Å²) >= 11 is 0. The van der Waals surface area contributed by atoms with E-state index in [9.17, 15) is 14.7 Å². The molecule has 104 valence electrons. The molecule has 0 rings (SSSR count). The van der Waals surface area contributed by atoms with E-state index in [1.807, 2.05) is 0 Å². The Morgan fingerprint density at radius 2 is 1.82 bits per heavy atom. The maximum atomic E-state index is 9.82. The number of carboxylic acid groups (broad SMARTS) is 1. The van der Waals surface area contributed by atoms with E-state index in [0.29, 0.717) is 0 Å². The first-order valence-electron chi connectivity index (χ1n) is 4.68. The number of hydrogen-bond acceptors (Lipinski definition) is 5. The topological polar surface area (TPSA) is 113 Å². The number of quaternary nitrogens is 1. The van der Waals surface area contributed by atoms with E-state index in [0.717, 1.165) is 18.0 Å². The van der Waals surface area contributed by atoms with Gasteiger partial charge in [0.2, 0.25) is 0 Å². The maximum Gasteiger partial charge on any atom is 0.405 e. The van der Waals surface area contributed by atoms with Crippen LogP contribution in [0.4, 0.5) is 4.79 Å². The second-order valence-corrected chi connectivity index (χ2v) is 4.14. The quantitative estimate of drug-likeness (QED) is 0.467. The van der Waals surface area contributed by atoms with E-state index in [1.54, 1.807) is 0 Å². The van der Waals surface area contributed by atoms with E-state index < -0.39 is 18.2 Å². The molecule has 8 heteroatoms. The van der Waals surface area contributed by atoms with Crippen molar-refractivity contribution in [1.29, 1.82) is 0 Å². The Bertz CT molecular complexity index is 230. The van der Waals surface area contributed by atoms with Gasteiger partial charge in [0, 0.05) is 0 Å². The molecule has 1 amide bonds. The number of rotatable bonds is 4. The first kappa shape index (κ1) is 21.7. The van der Waals surface area contributed by atoms with E-state index in [4.69, 9.17) is 5.11 Å². The van der Waals surface area contributed by atoms with Gasteiger partial charge in [-0.05, 0) is 6.92 Å². The number of carbonyl (C=O) groups is 2. The van der Waals surface area contributed by atoms with Crippen LogP contribution < -0.4 is 10.8 Å². The average molecular weight is 364 g/mol. The van der Waals surface area contributed by atoms with Gasteiger partial charge in [-0.3, -0.25) is 0 Å². The normalized spacial score (nSPS) is 11.4. The van der Waals surface area contributed by atoms with Crippen molar-refractivity contribution in [3.05, 3.63) is 0 Å². The van der Waals surface area contributed by atoms with Gasteiger partial charge in [-0.2, -0.15) is 0 Å². The van der Waals surface area contributed by atoms with Crippen molar-refractivity contribution < 1.29 is 29.0 Å². The van der Waals surface area contributed by atoms with Crippen LogP contribution in [0.1, 0.15) is 6.92 Å². The number of carboxylic acids is 1. The molecule has 1 unspecified atom stereocenters. The fourth-order valence-corrected chi connectivity index (χ4v) is 0.522. The summed E-state index contributed by atoms with van der Waals surface area (Å²) in [5.74, 6) is -1.46. The van der Waals surface area contributed by atoms with Crippen molar-refractivity contribution in [1.82, 2.24) is 0 Å². The first-order valence-corrected chi connectivity index (χ1v) is 4.68. The van der Waals surface area contributed by atoms with E-state index >= 15 is 0 Å². The fraction of sp³-hybridized carbons (Fsp3) is 0.778. The summed E-state index contributed by atoms with van der Waals surface area (Å²) in [4.78, 5) is 19.6. The summed E-state index contributed by atoms with van der Waals surface area (Å²) in [5.41, 5.74) is 4.48. The lowest BCUT2D eigenvalue weighted by Crippen LogP contribution is -2.37. The number of aliphatic hydroxyl groups is 1. The monoisotopic (exact) mass is 364 g/mol. The van der Waals surface area contributed by atoms with Crippen LogP contribution in [0.5, 0.6) is 0 Å². The second kappa shape index (κ2) is 10.5. The second-order valence-electron chi connectivity index (χ2n) is 4.14. The molecule has 7 nitrogen and oxygen atoms in total. The highest BCUT2D eigenvalue weighted by Gasteiger charge is 2.04. The van der Waals surface area contributed by atoms with Crippen molar-refractivity contribution in [3.8, 4) is 0 Å². The molecule has 3 N–H and O–H groups in total. The number of nitrogens with zero attached hydrogens (tertiary/aromatic N) is 1. The predicted molar refractivity (Wildman–Crippen MR) is 70.5 cm³/mol. The van der Waals surface area contributed by atoms with Crippen molar-refractivity contribution in [3.63, 3.8) is 0 Å². The molecule has 0 aliphatic rings. The minimum atomic E-state index is -1.46. The van der Waals surface area contributed by atoms with Crippen LogP contribution >= 0.6 is 24.0 Å². The molecule has 0 aromatic carbocycles. The molecule has 0 aromatic rings. The highest BCUT2D eigenvalue weighted by Crippen LogP contribution is 1.86. The molecule has 0 spiro atoms. The molecule has 0 radical (unpaired) electrons. The van der Waals surface area contributed by atoms with E-state index in [1.165, 1.54) is 0 Å². The zero-order valence-corrected chi connectivity index (χ0v) is 12.8.